The van der Waals surface area contributed by atoms with Gasteiger partial charge in [-0.15, -0.1) is 0 Å². The van der Waals surface area contributed by atoms with Crippen LogP contribution in [-0.4, -0.2) is 48.2 Å². The van der Waals surface area contributed by atoms with Gasteiger partial charge in [0, 0.05) is 47.8 Å². The van der Waals surface area contributed by atoms with E-state index in [1.165, 1.54) is 5.56 Å². The monoisotopic (exact) mass is 411 g/mol. The fourth-order valence-corrected chi connectivity index (χ4v) is 5.52. The molecule has 2 aliphatic rings. The highest BCUT2D eigenvalue weighted by Crippen LogP contribution is 2.33. The third kappa shape index (κ3) is 5.77. The van der Waals surface area contributed by atoms with Crippen LogP contribution in [0.4, 0.5) is 0 Å². The lowest BCUT2D eigenvalue weighted by molar-refractivity contribution is -0.0385. The minimum absolute atomic E-state index is 0.0233. The van der Waals surface area contributed by atoms with Crippen molar-refractivity contribution in [2.75, 3.05) is 32.5 Å². The van der Waals surface area contributed by atoms with Crippen molar-refractivity contribution >= 4 is 35.0 Å². The van der Waals surface area contributed by atoms with E-state index in [9.17, 15) is 0 Å². The van der Waals surface area contributed by atoms with E-state index in [0.29, 0.717) is 15.3 Å². The summed E-state index contributed by atoms with van der Waals surface area (Å²) in [7, 11) is 1.88. The zero-order chi connectivity index (χ0) is 18.4. The van der Waals surface area contributed by atoms with Gasteiger partial charge in [-0.2, -0.15) is 11.8 Å². The van der Waals surface area contributed by atoms with Crippen LogP contribution < -0.4 is 0 Å². The highest BCUT2D eigenvalue weighted by atomic mass is 35.5. The zero-order valence-electron chi connectivity index (χ0n) is 15.3. The maximum atomic E-state index is 6.10. The highest BCUT2D eigenvalue weighted by Gasteiger charge is 2.35. The van der Waals surface area contributed by atoms with E-state index in [-0.39, 0.29) is 5.60 Å². The second kappa shape index (κ2) is 9.66. The number of halogens is 2. The maximum absolute atomic E-state index is 6.10. The summed E-state index contributed by atoms with van der Waals surface area (Å²) in [5, 5.41) is 2.03. The molecule has 1 aromatic carbocycles. The zero-order valence-corrected chi connectivity index (χ0v) is 17.6. The van der Waals surface area contributed by atoms with Gasteiger partial charge in [0.1, 0.15) is 0 Å². The third-order valence-electron chi connectivity index (χ3n) is 5.34. The third-order valence-corrected chi connectivity index (χ3v) is 7.25. The maximum Gasteiger partial charge on any atom is 0.0793 e. The molecule has 0 bridgehead atoms. The summed E-state index contributed by atoms with van der Waals surface area (Å²) in [5.74, 6) is 1.07. The first-order valence-electron chi connectivity index (χ1n) is 9.26. The number of hydrogen-bond donors (Lipinski definition) is 0. The second-order valence-corrected chi connectivity index (χ2v) is 9.26. The van der Waals surface area contributed by atoms with Crippen LogP contribution in [0, 0.1) is 0 Å². The van der Waals surface area contributed by atoms with Crippen LogP contribution in [-0.2, 0) is 11.2 Å². The molecule has 3 rings (SSSR count). The van der Waals surface area contributed by atoms with Crippen molar-refractivity contribution in [2.45, 2.75) is 36.5 Å². The first-order chi connectivity index (χ1) is 12.6. The Morgan fingerprint density at radius 2 is 1.88 bits per heavy atom. The smallest absolute Gasteiger partial charge is 0.0793 e. The molecular formula is C21H27Cl2NOS. The topological polar surface area (TPSA) is 12.5 Å². The molecule has 1 unspecified atom stereocenters. The molecule has 0 radical (unpaired) electrons. The molecular weight excluding hydrogens is 385 g/mol. The van der Waals surface area contributed by atoms with E-state index >= 15 is 0 Å². The van der Waals surface area contributed by atoms with E-state index < -0.39 is 0 Å². The van der Waals surface area contributed by atoms with Crippen molar-refractivity contribution in [1.29, 1.82) is 0 Å². The number of allylic oxidation sites excluding steroid dienone is 3. The molecule has 0 amide bonds. The standard InChI is InChI=1S/C21H27Cl2NOS/c1-25-21(16-26-20-5-3-2-4-6-20)8-11-24(12-9-21)10-7-17-13-18(22)15-19(23)14-17/h2-5,13-15,20H,6-12,16H2,1H3. The highest BCUT2D eigenvalue weighted by molar-refractivity contribution is 8.00. The molecule has 1 aromatic rings. The fourth-order valence-electron chi connectivity index (χ4n) is 3.57. The van der Waals surface area contributed by atoms with Crippen LogP contribution >= 0.6 is 35.0 Å². The molecule has 0 aromatic heterocycles. The van der Waals surface area contributed by atoms with Crippen molar-refractivity contribution in [3.63, 3.8) is 0 Å². The number of methoxy groups -OCH3 is 1. The second-order valence-electron chi connectivity index (χ2n) is 7.15. The Kier molecular flexibility index (Phi) is 7.54. The van der Waals surface area contributed by atoms with Gasteiger partial charge < -0.3 is 9.64 Å². The van der Waals surface area contributed by atoms with Crippen molar-refractivity contribution in [2.24, 2.45) is 0 Å². The fraction of sp³-hybridized carbons (Fsp3) is 0.524. The molecule has 26 heavy (non-hydrogen) atoms. The predicted octanol–water partition coefficient (Wildman–Crippen LogP) is 5.63. The van der Waals surface area contributed by atoms with Gasteiger partial charge in [0.05, 0.1) is 5.60 Å². The summed E-state index contributed by atoms with van der Waals surface area (Å²) < 4.78 is 5.99. The lowest BCUT2D eigenvalue weighted by Gasteiger charge is -2.41. The normalized spacial score (nSPS) is 22.7. The van der Waals surface area contributed by atoms with Crippen LogP contribution in [0.3, 0.4) is 0 Å². The molecule has 1 fully saturated rings. The minimum Gasteiger partial charge on any atom is -0.377 e. The number of piperidine rings is 1. The molecule has 5 heteroatoms. The van der Waals surface area contributed by atoms with Gasteiger partial charge in [0.25, 0.3) is 0 Å². The van der Waals surface area contributed by atoms with Gasteiger partial charge in [-0.05, 0) is 49.4 Å². The Bertz CT molecular complexity index is 633. The van der Waals surface area contributed by atoms with Crippen LogP contribution in [0.2, 0.25) is 10.0 Å². The van der Waals surface area contributed by atoms with Crippen molar-refractivity contribution < 1.29 is 4.74 Å². The molecule has 0 N–H and O–H groups in total. The SMILES string of the molecule is COC1(CSC2C=CC=CC2)CCN(CCc2cc(Cl)cc(Cl)c2)CC1. The summed E-state index contributed by atoms with van der Waals surface area (Å²) in [6.07, 6.45) is 13.2. The lowest BCUT2D eigenvalue weighted by atomic mass is 9.93. The molecule has 2 nitrogen and oxygen atoms in total. The number of nitrogens with zero attached hydrogens (tertiary/aromatic N) is 1. The predicted molar refractivity (Wildman–Crippen MR) is 115 cm³/mol. The first-order valence-corrected chi connectivity index (χ1v) is 11.1. The van der Waals surface area contributed by atoms with Crippen LogP contribution in [0.25, 0.3) is 0 Å². The summed E-state index contributed by atoms with van der Waals surface area (Å²) in [6, 6.07) is 5.81. The van der Waals surface area contributed by atoms with Gasteiger partial charge >= 0.3 is 0 Å². The van der Waals surface area contributed by atoms with Gasteiger partial charge in [-0.3, -0.25) is 0 Å². The molecule has 1 aliphatic carbocycles. The number of likely N-dealkylation sites (tertiary alicyclic amines) is 1. The Balaban J connectivity index is 1.45. The Labute approximate surface area is 171 Å². The summed E-state index contributed by atoms with van der Waals surface area (Å²) in [4.78, 5) is 2.53. The summed E-state index contributed by atoms with van der Waals surface area (Å²) in [6.45, 7) is 3.21. The Morgan fingerprint density at radius 3 is 2.50 bits per heavy atom. The van der Waals surface area contributed by atoms with E-state index in [4.69, 9.17) is 27.9 Å². The van der Waals surface area contributed by atoms with Crippen molar-refractivity contribution in [3.05, 3.63) is 58.1 Å². The largest absolute Gasteiger partial charge is 0.377 e. The summed E-state index contributed by atoms with van der Waals surface area (Å²) in [5.41, 5.74) is 1.23. The Hall–Kier alpha value is -0.450. The molecule has 1 heterocycles. The molecule has 1 atom stereocenters. The number of thioether (sulfide) groups is 1. The summed E-state index contributed by atoms with van der Waals surface area (Å²) >= 11 is 14.2. The van der Waals surface area contributed by atoms with Gasteiger partial charge in [-0.1, -0.05) is 47.5 Å². The number of ether oxygens (including phenoxy) is 1. The quantitative estimate of drug-likeness (QED) is 0.576. The van der Waals surface area contributed by atoms with Crippen molar-refractivity contribution in [3.8, 4) is 0 Å². The van der Waals surface area contributed by atoms with Gasteiger partial charge in [-0.25, -0.2) is 0 Å². The van der Waals surface area contributed by atoms with Crippen LogP contribution in [0.15, 0.2) is 42.5 Å². The lowest BCUT2D eigenvalue weighted by Crippen LogP contribution is -2.47. The van der Waals surface area contributed by atoms with E-state index in [2.05, 4.69) is 29.2 Å². The van der Waals surface area contributed by atoms with E-state index in [1.54, 1.807) is 6.07 Å². The number of benzene rings is 1. The van der Waals surface area contributed by atoms with Crippen molar-refractivity contribution in [1.82, 2.24) is 4.90 Å². The first kappa shape index (κ1) is 20.3. The van der Waals surface area contributed by atoms with E-state index in [0.717, 1.165) is 51.1 Å². The molecule has 1 saturated heterocycles. The minimum atomic E-state index is 0.0233. The van der Waals surface area contributed by atoms with Gasteiger partial charge in [0.2, 0.25) is 0 Å². The average Bonchev–Trinajstić information content (AvgIpc) is 2.66. The van der Waals surface area contributed by atoms with E-state index in [1.807, 2.05) is 31.0 Å². The average molecular weight is 412 g/mol. The molecule has 0 spiro atoms. The Morgan fingerprint density at radius 1 is 1.15 bits per heavy atom. The number of rotatable bonds is 7. The molecule has 142 valence electrons. The molecule has 1 aliphatic heterocycles. The molecule has 0 saturated carbocycles. The van der Waals surface area contributed by atoms with Crippen LogP contribution in [0.1, 0.15) is 24.8 Å². The van der Waals surface area contributed by atoms with Gasteiger partial charge in [0.15, 0.2) is 0 Å². The van der Waals surface area contributed by atoms with Crippen LogP contribution in [0.5, 0.6) is 0 Å². The number of hydrogen-bond acceptors (Lipinski definition) is 3.